The van der Waals surface area contributed by atoms with Crippen LogP contribution in [-0.2, 0) is 4.79 Å². The molecule has 7 heteroatoms. The Bertz CT molecular complexity index is 651. The lowest BCUT2D eigenvalue weighted by Crippen LogP contribution is -2.60. The fraction of sp³-hybridized carbons (Fsp3) is 0.762. The maximum Gasteiger partial charge on any atom is 0.225 e. The Morgan fingerprint density at radius 3 is 2.68 bits per heavy atom. The molecule has 0 bridgehead atoms. The van der Waals surface area contributed by atoms with Gasteiger partial charge >= 0.3 is 0 Å². The molecule has 3 aliphatic rings. The summed E-state index contributed by atoms with van der Waals surface area (Å²) >= 11 is 0. The van der Waals surface area contributed by atoms with Gasteiger partial charge in [0.1, 0.15) is 0 Å². The molecule has 3 fully saturated rings. The van der Waals surface area contributed by atoms with Crippen LogP contribution in [0.3, 0.4) is 0 Å². The number of nitrogens with zero attached hydrogens (tertiary/aromatic N) is 5. The molecule has 3 saturated heterocycles. The molecule has 0 saturated carbocycles. The van der Waals surface area contributed by atoms with Crippen LogP contribution in [-0.4, -0.2) is 82.7 Å². The van der Waals surface area contributed by atoms with Crippen molar-refractivity contribution in [3.05, 3.63) is 18.5 Å². The number of amides is 1. The monoisotopic (exact) mass is 387 g/mol. The van der Waals surface area contributed by atoms with Gasteiger partial charge in [-0.3, -0.25) is 4.79 Å². The normalized spacial score (nSPS) is 28.8. The lowest BCUT2D eigenvalue weighted by molar-refractivity contribution is -0.138. The molecule has 28 heavy (non-hydrogen) atoms. The van der Waals surface area contributed by atoms with E-state index >= 15 is 0 Å². The molecular formula is C21H33N5O2. The van der Waals surface area contributed by atoms with Crippen molar-refractivity contribution in [1.82, 2.24) is 19.8 Å². The zero-order valence-corrected chi connectivity index (χ0v) is 16.8. The average molecular weight is 388 g/mol. The number of aliphatic hydroxyl groups is 1. The van der Waals surface area contributed by atoms with E-state index in [9.17, 15) is 9.90 Å². The van der Waals surface area contributed by atoms with Gasteiger partial charge in [0.05, 0.1) is 6.10 Å². The van der Waals surface area contributed by atoms with E-state index < -0.39 is 0 Å². The fourth-order valence-electron chi connectivity index (χ4n) is 5.17. The highest BCUT2D eigenvalue weighted by atomic mass is 16.3. The SMILES string of the molecule is O=C(CCCN1CCCC1)N1CCC[C@]2(C1)CN(c1ncccn1)CCC2O. The molecule has 1 N–H and O–H groups in total. The summed E-state index contributed by atoms with van der Waals surface area (Å²) < 4.78 is 0. The van der Waals surface area contributed by atoms with Crippen LogP contribution in [0.25, 0.3) is 0 Å². The summed E-state index contributed by atoms with van der Waals surface area (Å²) in [5.41, 5.74) is -0.264. The van der Waals surface area contributed by atoms with Crippen LogP contribution < -0.4 is 4.90 Å². The number of hydrogen-bond donors (Lipinski definition) is 1. The van der Waals surface area contributed by atoms with Gasteiger partial charge in [-0.15, -0.1) is 0 Å². The van der Waals surface area contributed by atoms with E-state index in [1.54, 1.807) is 12.4 Å². The largest absolute Gasteiger partial charge is 0.392 e. The van der Waals surface area contributed by atoms with Gasteiger partial charge < -0.3 is 19.8 Å². The first-order chi connectivity index (χ1) is 13.7. The van der Waals surface area contributed by atoms with Crippen molar-refractivity contribution >= 4 is 11.9 Å². The van der Waals surface area contributed by atoms with Crippen molar-refractivity contribution in [3.8, 4) is 0 Å². The molecular weight excluding hydrogens is 354 g/mol. The Morgan fingerprint density at radius 2 is 1.89 bits per heavy atom. The van der Waals surface area contributed by atoms with E-state index in [4.69, 9.17) is 0 Å². The lowest BCUT2D eigenvalue weighted by atomic mass is 9.71. The Kier molecular flexibility index (Phi) is 6.11. The third kappa shape index (κ3) is 4.30. The van der Waals surface area contributed by atoms with Crippen molar-refractivity contribution in [3.63, 3.8) is 0 Å². The standard InChI is InChI=1S/C21H33N5O2/c27-18-7-15-26(20-22-9-5-10-23-20)17-21(18)8-4-14-25(16-21)19(28)6-3-13-24-11-1-2-12-24/h5,9-10,18,27H,1-4,6-8,11-17H2/t18?,21-/m0/s1. The summed E-state index contributed by atoms with van der Waals surface area (Å²) in [6, 6.07) is 1.82. The van der Waals surface area contributed by atoms with Gasteiger partial charge in [-0.05, 0) is 64.2 Å². The Hall–Kier alpha value is -1.73. The minimum absolute atomic E-state index is 0.249. The molecule has 4 rings (SSSR count). The van der Waals surface area contributed by atoms with Gasteiger partial charge in [0.2, 0.25) is 11.9 Å². The Morgan fingerprint density at radius 1 is 1.11 bits per heavy atom. The first-order valence-corrected chi connectivity index (χ1v) is 10.9. The molecule has 7 nitrogen and oxygen atoms in total. The van der Waals surface area contributed by atoms with E-state index in [0.717, 1.165) is 51.4 Å². The van der Waals surface area contributed by atoms with Crippen molar-refractivity contribution in [2.24, 2.45) is 5.41 Å². The third-order valence-electron chi connectivity index (χ3n) is 6.74. The summed E-state index contributed by atoms with van der Waals surface area (Å²) in [6.07, 6.45) is 9.91. The van der Waals surface area contributed by atoms with Gasteiger partial charge in [-0.2, -0.15) is 0 Å². The molecule has 0 aromatic carbocycles. The second kappa shape index (κ2) is 8.74. The number of aliphatic hydroxyl groups excluding tert-OH is 1. The van der Waals surface area contributed by atoms with Gasteiger partial charge in [-0.1, -0.05) is 0 Å². The number of rotatable bonds is 5. The number of carbonyl (C=O) groups excluding carboxylic acids is 1. The van der Waals surface area contributed by atoms with Crippen molar-refractivity contribution in [2.75, 3.05) is 50.7 Å². The molecule has 1 unspecified atom stereocenters. The number of piperidine rings is 2. The molecule has 3 aliphatic heterocycles. The summed E-state index contributed by atoms with van der Waals surface area (Å²) in [4.78, 5) is 28.3. The van der Waals surface area contributed by atoms with Crippen LogP contribution in [0.2, 0.25) is 0 Å². The average Bonchev–Trinajstić information content (AvgIpc) is 3.24. The number of aromatic nitrogens is 2. The Balaban J connectivity index is 1.36. The highest BCUT2D eigenvalue weighted by Crippen LogP contribution is 2.39. The Labute approximate surface area is 167 Å². The van der Waals surface area contributed by atoms with Gasteiger partial charge in [0.15, 0.2) is 0 Å². The van der Waals surface area contributed by atoms with Crippen molar-refractivity contribution < 1.29 is 9.90 Å². The predicted molar refractivity (Wildman–Crippen MR) is 108 cm³/mol. The van der Waals surface area contributed by atoms with Crippen LogP contribution in [0.1, 0.15) is 44.9 Å². The number of hydrogen-bond acceptors (Lipinski definition) is 6. The van der Waals surface area contributed by atoms with Gasteiger partial charge in [0.25, 0.3) is 0 Å². The van der Waals surface area contributed by atoms with Crippen molar-refractivity contribution in [2.45, 2.75) is 51.0 Å². The highest BCUT2D eigenvalue weighted by Gasteiger charge is 2.46. The number of carbonyl (C=O) groups is 1. The summed E-state index contributed by atoms with van der Waals surface area (Å²) in [5, 5.41) is 10.9. The summed E-state index contributed by atoms with van der Waals surface area (Å²) in [7, 11) is 0. The third-order valence-corrected chi connectivity index (χ3v) is 6.74. The number of likely N-dealkylation sites (tertiary alicyclic amines) is 2. The van der Waals surface area contributed by atoms with Crippen molar-refractivity contribution in [1.29, 1.82) is 0 Å². The van der Waals surface area contributed by atoms with E-state index in [1.165, 1.54) is 25.9 Å². The predicted octanol–water partition coefficient (Wildman–Crippen LogP) is 1.53. The lowest BCUT2D eigenvalue weighted by Gasteiger charge is -2.51. The number of anilines is 1. The zero-order valence-electron chi connectivity index (χ0n) is 16.8. The second-order valence-electron chi connectivity index (χ2n) is 8.71. The summed E-state index contributed by atoms with van der Waals surface area (Å²) in [6.45, 7) is 6.35. The smallest absolute Gasteiger partial charge is 0.225 e. The van der Waals surface area contributed by atoms with Crippen LogP contribution in [0.15, 0.2) is 18.5 Å². The molecule has 4 heterocycles. The summed E-state index contributed by atoms with van der Waals surface area (Å²) in [5.74, 6) is 0.974. The van der Waals surface area contributed by atoms with E-state index in [0.29, 0.717) is 19.4 Å². The zero-order chi connectivity index (χ0) is 19.4. The molecule has 0 radical (unpaired) electrons. The minimum Gasteiger partial charge on any atom is -0.392 e. The molecule has 1 spiro atoms. The maximum atomic E-state index is 12.8. The maximum absolute atomic E-state index is 12.8. The van der Waals surface area contributed by atoms with Crippen LogP contribution in [0.5, 0.6) is 0 Å². The minimum atomic E-state index is -0.368. The quantitative estimate of drug-likeness (QED) is 0.826. The van der Waals surface area contributed by atoms with Gasteiger partial charge in [-0.25, -0.2) is 9.97 Å². The molecule has 1 aromatic rings. The fourth-order valence-corrected chi connectivity index (χ4v) is 5.17. The van der Waals surface area contributed by atoms with Crippen LogP contribution in [0.4, 0.5) is 5.95 Å². The molecule has 1 aromatic heterocycles. The second-order valence-corrected chi connectivity index (χ2v) is 8.71. The first-order valence-electron chi connectivity index (χ1n) is 10.9. The van der Waals surface area contributed by atoms with E-state index in [2.05, 4.69) is 19.8 Å². The van der Waals surface area contributed by atoms with Crippen LogP contribution in [0, 0.1) is 5.41 Å². The molecule has 154 valence electrons. The topological polar surface area (TPSA) is 72.8 Å². The van der Waals surface area contributed by atoms with E-state index in [1.807, 2.05) is 11.0 Å². The molecule has 0 aliphatic carbocycles. The van der Waals surface area contributed by atoms with Gasteiger partial charge in [0, 0.05) is 50.4 Å². The van der Waals surface area contributed by atoms with E-state index in [-0.39, 0.29) is 17.4 Å². The first kappa shape index (κ1) is 19.6. The molecule has 1 amide bonds. The van der Waals surface area contributed by atoms with Crippen LogP contribution >= 0.6 is 0 Å². The molecule has 2 atom stereocenters. The highest BCUT2D eigenvalue weighted by molar-refractivity contribution is 5.76.